The molecule has 0 radical (unpaired) electrons. The number of nitriles is 1. The molecule has 0 bridgehead atoms. The highest BCUT2D eigenvalue weighted by molar-refractivity contribution is 5.32. The average molecular weight is 485 g/mol. The number of alkyl halides is 2. The molecule has 0 saturated carbocycles. The zero-order valence-electron chi connectivity index (χ0n) is 17.7. The normalized spacial score (nSPS) is 13.1. The fraction of sp³-hybridized carbons (Fsp3) is 0.182. The predicted octanol–water partition coefficient (Wildman–Crippen LogP) is 2.87. The molecule has 1 N–H and O–H groups in total. The number of hydrogen-bond donors (Lipinski definition) is 1. The molecule has 0 amide bonds. The van der Waals surface area contributed by atoms with Crippen LogP contribution in [0.2, 0.25) is 0 Å². The van der Waals surface area contributed by atoms with Crippen LogP contribution in [0.1, 0.15) is 22.4 Å². The molecule has 1 atom stereocenters. The lowest BCUT2D eigenvalue weighted by atomic mass is 9.84. The third-order valence-corrected chi connectivity index (χ3v) is 5.08. The Balaban J connectivity index is 1.61. The van der Waals surface area contributed by atoms with Crippen molar-refractivity contribution in [3.05, 3.63) is 95.2 Å². The van der Waals surface area contributed by atoms with E-state index in [1.165, 1.54) is 24.4 Å². The zero-order chi connectivity index (χ0) is 25.1. The smallest absolute Gasteiger partial charge is 0.323 e. The molecule has 0 spiro atoms. The van der Waals surface area contributed by atoms with Crippen molar-refractivity contribution in [1.29, 1.82) is 5.26 Å². The number of halogens is 4. The van der Waals surface area contributed by atoms with Crippen molar-refractivity contribution in [3.8, 4) is 11.9 Å². The molecule has 3 aromatic heterocycles. The topological polar surface area (TPSA) is 123 Å². The lowest BCUT2D eigenvalue weighted by Gasteiger charge is -2.35. The van der Waals surface area contributed by atoms with Gasteiger partial charge in [-0.2, -0.15) is 14.0 Å². The molecule has 9 nitrogen and oxygen atoms in total. The van der Waals surface area contributed by atoms with Gasteiger partial charge in [-0.15, -0.1) is 5.10 Å². The number of ether oxygens (including phenoxy) is 1. The standard InChI is InChI=1S/C22H15F4N7O2/c23-16-3-4-17(18(24)7-16)21(34,12-33-13-30-31-32-33)22(25,26)19-5-1-15(10-28-19)11-35-20-6-2-14(8-27)9-29-20/h1-7,9-10,13,34H,11-12H2. The molecule has 1 unspecified atom stereocenters. The molecule has 4 aromatic rings. The highest BCUT2D eigenvalue weighted by atomic mass is 19.3. The van der Waals surface area contributed by atoms with E-state index in [4.69, 9.17) is 10.00 Å². The second-order valence-electron chi connectivity index (χ2n) is 7.40. The van der Waals surface area contributed by atoms with Crippen LogP contribution in [-0.2, 0) is 24.7 Å². The van der Waals surface area contributed by atoms with E-state index in [1.54, 1.807) is 0 Å². The fourth-order valence-corrected chi connectivity index (χ4v) is 3.26. The van der Waals surface area contributed by atoms with E-state index in [0.717, 1.165) is 35.4 Å². The minimum Gasteiger partial charge on any atom is -0.473 e. The summed E-state index contributed by atoms with van der Waals surface area (Å²) in [5, 5.41) is 30.1. The monoisotopic (exact) mass is 485 g/mol. The molecule has 13 heteroatoms. The number of rotatable bonds is 8. The van der Waals surface area contributed by atoms with Gasteiger partial charge in [-0.05, 0) is 34.7 Å². The van der Waals surface area contributed by atoms with Crippen molar-refractivity contribution in [2.24, 2.45) is 0 Å². The van der Waals surface area contributed by atoms with E-state index in [1.807, 2.05) is 6.07 Å². The molecule has 4 rings (SSSR count). The van der Waals surface area contributed by atoms with Crippen LogP contribution in [0.15, 0.2) is 61.2 Å². The third-order valence-electron chi connectivity index (χ3n) is 5.08. The first kappa shape index (κ1) is 23.7. The van der Waals surface area contributed by atoms with Crippen molar-refractivity contribution < 1.29 is 27.4 Å². The summed E-state index contributed by atoms with van der Waals surface area (Å²) in [6.45, 7) is -1.02. The largest absolute Gasteiger partial charge is 0.473 e. The van der Waals surface area contributed by atoms with Gasteiger partial charge in [0.1, 0.15) is 36.3 Å². The maximum atomic E-state index is 15.7. The van der Waals surface area contributed by atoms with E-state index >= 15 is 8.78 Å². The molecule has 3 heterocycles. The minimum absolute atomic E-state index is 0.0702. The van der Waals surface area contributed by atoms with Crippen LogP contribution in [0.4, 0.5) is 17.6 Å². The maximum absolute atomic E-state index is 15.7. The molecule has 0 saturated heterocycles. The fourth-order valence-electron chi connectivity index (χ4n) is 3.26. The van der Waals surface area contributed by atoms with Gasteiger partial charge < -0.3 is 9.84 Å². The van der Waals surface area contributed by atoms with Crippen molar-refractivity contribution in [2.75, 3.05) is 0 Å². The maximum Gasteiger partial charge on any atom is 0.323 e. The summed E-state index contributed by atoms with van der Waals surface area (Å²) in [4.78, 5) is 7.69. The summed E-state index contributed by atoms with van der Waals surface area (Å²) in [6, 6.07) is 9.02. The van der Waals surface area contributed by atoms with Crippen LogP contribution in [0.3, 0.4) is 0 Å². The van der Waals surface area contributed by atoms with Crippen molar-refractivity contribution >= 4 is 0 Å². The number of tetrazole rings is 1. The Morgan fingerprint density at radius 1 is 1.06 bits per heavy atom. The number of pyridine rings is 2. The number of benzene rings is 1. The number of aliphatic hydroxyl groups is 1. The van der Waals surface area contributed by atoms with Gasteiger partial charge >= 0.3 is 5.92 Å². The summed E-state index contributed by atoms with van der Waals surface area (Å²) >= 11 is 0. The minimum atomic E-state index is -4.16. The first-order valence-electron chi connectivity index (χ1n) is 9.94. The Hall–Kier alpha value is -4.44. The molecule has 35 heavy (non-hydrogen) atoms. The Morgan fingerprint density at radius 2 is 1.89 bits per heavy atom. The van der Waals surface area contributed by atoms with Gasteiger partial charge in [0.25, 0.3) is 0 Å². The number of hydrogen-bond acceptors (Lipinski definition) is 8. The highest BCUT2D eigenvalue weighted by Crippen LogP contribution is 2.46. The third kappa shape index (κ3) is 4.78. The summed E-state index contributed by atoms with van der Waals surface area (Å²) in [5.41, 5.74) is -4.22. The highest BCUT2D eigenvalue weighted by Gasteiger charge is 2.57. The molecule has 0 aliphatic heterocycles. The van der Waals surface area contributed by atoms with E-state index in [2.05, 4.69) is 25.5 Å². The lowest BCUT2D eigenvalue weighted by molar-refractivity contribution is -0.207. The van der Waals surface area contributed by atoms with Gasteiger partial charge in [0.05, 0.1) is 12.1 Å². The Kier molecular flexibility index (Phi) is 6.39. The van der Waals surface area contributed by atoms with E-state index in [0.29, 0.717) is 17.2 Å². The van der Waals surface area contributed by atoms with Gasteiger partial charge in [0, 0.05) is 35.7 Å². The molecule has 1 aromatic carbocycles. The molecule has 178 valence electrons. The Morgan fingerprint density at radius 3 is 2.49 bits per heavy atom. The molecule has 0 aliphatic carbocycles. The Labute approximate surface area is 195 Å². The summed E-state index contributed by atoms with van der Waals surface area (Å²) in [6.07, 6.45) is 3.39. The van der Waals surface area contributed by atoms with Gasteiger partial charge in [0.2, 0.25) is 5.88 Å². The van der Waals surface area contributed by atoms with Crippen LogP contribution in [0, 0.1) is 23.0 Å². The second-order valence-corrected chi connectivity index (χ2v) is 7.40. The van der Waals surface area contributed by atoms with Gasteiger partial charge in [0.15, 0.2) is 5.60 Å². The molecular weight excluding hydrogens is 470 g/mol. The van der Waals surface area contributed by atoms with Gasteiger partial charge in [-0.25, -0.2) is 18.4 Å². The van der Waals surface area contributed by atoms with E-state index in [-0.39, 0.29) is 12.5 Å². The van der Waals surface area contributed by atoms with Crippen LogP contribution in [0.25, 0.3) is 0 Å². The van der Waals surface area contributed by atoms with Gasteiger partial charge in [-0.1, -0.05) is 6.07 Å². The second kappa shape index (κ2) is 9.43. The molecule has 0 fully saturated rings. The SMILES string of the molecule is N#Cc1ccc(OCc2ccc(C(F)(F)C(O)(Cn3cnnn3)c3ccc(F)cc3F)nc2)nc1. The summed E-state index contributed by atoms with van der Waals surface area (Å²) in [7, 11) is 0. The number of nitrogens with zero attached hydrogens (tertiary/aromatic N) is 7. The molecule has 0 aliphatic rings. The van der Waals surface area contributed by atoms with Crippen LogP contribution in [0.5, 0.6) is 5.88 Å². The predicted molar refractivity (Wildman–Crippen MR) is 109 cm³/mol. The average Bonchev–Trinajstić information content (AvgIpc) is 3.36. The van der Waals surface area contributed by atoms with Crippen molar-refractivity contribution in [2.45, 2.75) is 24.7 Å². The van der Waals surface area contributed by atoms with E-state index < -0.39 is 41.0 Å². The summed E-state index contributed by atoms with van der Waals surface area (Å²) < 4.78 is 65.6. The Bertz CT molecular complexity index is 1340. The number of aromatic nitrogens is 6. The van der Waals surface area contributed by atoms with E-state index in [9.17, 15) is 13.9 Å². The van der Waals surface area contributed by atoms with Gasteiger partial charge in [-0.3, -0.25) is 4.98 Å². The zero-order valence-corrected chi connectivity index (χ0v) is 17.7. The van der Waals surface area contributed by atoms with Crippen LogP contribution in [-0.4, -0.2) is 35.3 Å². The summed E-state index contributed by atoms with van der Waals surface area (Å²) in [5.74, 6) is -6.33. The lowest BCUT2D eigenvalue weighted by Crippen LogP contribution is -2.48. The van der Waals surface area contributed by atoms with Crippen molar-refractivity contribution in [3.63, 3.8) is 0 Å². The van der Waals surface area contributed by atoms with Crippen LogP contribution >= 0.6 is 0 Å². The quantitative estimate of drug-likeness (QED) is 0.378. The first-order chi connectivity index (χ1) is 16.7. The molecular formula is C22H15F4N7O2. The van der Waals surface area contributed by atoms with Crippen molar-refractivity contribution in [1.82, 2.24) is 30.2 Å². The van der Waals surface area contributed by atoms with Crippen LogP contribution < -0.4 is 4.74 Å². The first-order valence-corrected chi connectivity index (χ1v) is 9.94.